The van der Waals surface area contributed by atoms with Crippen LogP contribution in [-0.2, 0) is 4.79 Å². The van der Waals surface area contributed by atoms with Gasteiger partial charge in [0.15, 0.2) is 0 Å². The molecule has 0 radical (unpaired) electrons. The molecule has 0 bridgehead atoms. The summed E-state index contributed by atoms with van der Waals surface area (Å²) in [4.78, 5) is 17.1. The lowest BCUT2D eigenvalue weighted by atomic mass is 10.2. The van der Waals surface area contributed by atoms with Crippen molar-refractivity contribution >= 4 is 23.2 Å². The summed E-state index contributed by atoms with van der Waals surface area (Å²) in [7, 11) is 0. The van der Waals surface area contributed by atoms with Crippen LogP contribution in [0.2, 0.25) is 5.02 Å². The fourth-order valence-corrected chi connectivity index (χ4v) is 3.26. The van der Waals surface area contributed by atoms with Crippen molar-refractivity contribution in [2.45, 2.75) is 13.0 Å². The summed E-state index contributed by atoms with van der Waals surface area (Å²) in [6.07, 6.45) is 0. The minimum atomic E-state index is -0.141. The number of benzene rings is 2. The highest BCUT2D eigenvalue weighted by Gasteiger charge is 2.25. The summed E-state index contributed by atoms with van der Waals surface area (Å²) >= 11 is 5.88. The number of para-hydroxylation sites is 1. The summed E-state index contributed by atoms with van der Waals surface area (Å²) < 4.78 is 5.76. The van der Waals surface area contributed by atoms with Crippen LogP contribution in [-0.4, -0.2) is 61.1 Å². The zero-order valence-corrected chi connectivity index (χ0v) is 16.4. The van der Waals surface area contributed by atoms with Crippen LogP contribution in [0, 0.1) is 0 Å². The second-order valence-corrected chi connectivity index (χ2v) is 7.15. The Balaban J connectivity index is 1.37. The Morgan fingerprint density at radius 3 is 2.41 bits per heavy atom. The van der Waals surface area contributed by atoms with Crippen LogP contribution in [0.3, 0.4) is 0 Å². The average molecular weight is 388 g/mol. The predicted octanol–water partition coefficient (Wildman–Crippen LogP) is 3.36. The third-order valence-electron chi connectivity index (χ3n) is 4.87. The maximum atomic E-state index is 12.5. The van der Waals surface area contributed by atoms with E-state index in [1.54, 1.807) is 0 Å². The number of anilines is 1. The van der Waals surface area contributed by atoms with E-state index in [0.29, 0.717) is 11.6 Å². The Morgan fingerprint density at radius 2 is 1.74 bits per heavy atom. The van der Waals surface area contributed by atoms with E-state index in [1.807, 2.05) is 61.5 Å². The monoisotopic (exact) mass is 387 g/mol. The highest BCUT2D eigenvalue weighted by Crippen LogP contribution is 2.16. The van der Waals surface area contributed by atoms with Crippen molar-refractivity contribution in [3.05, 3.63) is 59.6 Å². The lowest BCUT2D eigenvalue weighted by Gasteiger charge is -2.37. The van der Waals surface area contributed by atoms with Gasteiger partial charge < -0.3 is 10.1 Å². The number of piperazine rings is 1. The van der Waals surface area contributed by atoms with Gasteiger partial charge in [-0.3, -0.25) is 14.6 Å². The van der Waals surface area contributed by atoms with E-state index < -0.39 is 0 Å². The molecule has 6 heteroatoms. The molecule has 2 aromatic rings. The van der Waals surface area contributed by atoms with Crippen LogP contribution < -0.4 is 10.1 Å². The van der Waals surface area contributed by atoms with Crippen molar-refractivity contribution in [2.75, 3.05) is 44.6 Å². The van der Waals surface area contributed by atoms with E-state index in [-0.39, 0.29) is 11.9 Å². The van der Waals surface area contributed by atoms with Crippen LogP contribution in [0.5, 0.6) is 5.75 Å². The molecule has 2 aromatic carbocycles. The zero-order chi connectivity index (χ0) is 19.1. The molecule has 0 spiro atoms. The minimum Gasteiger partial charge on any atom is -0.492 e. The molecule has 0 aromatic heterocycles. The molecule has 0 aliphatic carbocycles. The van der Waals surface area contributed by atoms with E-state index in [4.69, 9.17) is 16.3 Å². The third kappa shape index (κ3) is 5.96. The molecule has 3 rings (SSSR count). The van der Waals surface area contributed by atoms with E-state index in [2.05, 4.69) is 15.1 Å². The van der Waals surface area contributed by atoms with Gasteiger partial charge in [0, 0.05) is 43.4 Å². The Hall–Kier alpha value is -2.08. The molecule has 5 nitrogen and oxygen atoms in total. The van der Waals surface area contributed by atoms with Crippen molar-refractivity contribution in [3.8, 4) is 5.75 Å². The molecular weight excluding hydrogens is 362 g/mol. The number of nitrogens with one attached hydrogen (secondary N) is 1. The SMILES string of the molecule is C[C@@H](C(=O)Nc1ccccc1)N1CCN(CCOc2ccc(Cl)cc2)CC1. The number of hydrogen-bond acceptors (Lipinski definition) is 4. The number of rotatable bonds is 7. The Kier molecular flexibility index (Phi) is 7.10. The molecule has 1 amide bonds. The van der Waals surface area contributed by atoms with Gasteiger partial charge in [-0.25, -0.2) is 0 Å². The van der Waals surface area contributed by atoms with Crippen molar-refractivity contribution < 1.29 is 9.53 Å². The third-order valence-corrected chi connectivity index (χ3v) is 5.12. The molecule has 1 atom stereocenters. The van der Waals surface area contributed by atoms with Crippen molar-refractivity contribution in [2.24, 2.45) is 0 Å². The van der Waals surface area contributed by atoms with Gasteiger partial charge >= 0.3 is 0 Å². The number of carbonyl (C=O) groups is 1. The summed E-state index contributed by atoms with van der Waals surface area (Å²) in [6.45, 7) is 7.12. The van der Waals surface area contributed by atoms with Crippen LogP contribution in [0.15, 0.2) is 54.6 Å². The Morgan fingerprint density at radius 1 is 1.07 bits per heavy atom. The highest BCUT2D eigenvalue weighted by atomic mass is 35.5. The molecular formula is C21H26ClN3O2. The molecule has 27 heavy (non-hydrogen) atoms. The van der Waals surface area contributed by atoms with Gasteiger partial charge in [0.05, 0.1) is 6.04 Å². The molecule has 1 N–H and O–H groups in total. The molecule has 1 heterocycles. The number of carbonyl (C=O) groups excluding carboxylic acids is 1. The summed E-state index contributed by atoms with van der Waals surface area (Å²) in [6, 6.07) is 16.9. The smallest absolute Gasteiger partial charge is 0.241 e. The maximum absolute atomic E-state index is 12.5. The summed E-state index contributed by atoms with van der Waals surface area (Å²) in [5.41, 5.74) is 0.840. The van der Waals surface area contributed by atoms with Crippen LogP contribution in [0.4, 0.5) is 5.69 Å². The average Bonchev–Trinajstić information content (AvgIpc) is 2.70. The Labute approximate surface area is 165 Å². The lowest BCUT2D eigenvalue weighted by Crippen LogP contribution is -2.53. The topological polar surface area (TPSA) is 44.8 Å². The zero-order valence-electron chi connectivity index (χ0n) is 15.6. The first-order chi connectivity index (χ1) is 13.1. The summed E-state index contributed by atoms with van der Waals surface area (Å²) in [5, 5.41) is 3.69. The fraction of sp³-hybridized carbons (Fsp3) is 0.381. The number of amides is 1. The van der Waals surface area contributed by atoms with Crippen molar-refractivity contribution in [1.82, 2.24) is 9.80 Å². The molecule has 0 unspecified atom stereocenters. The van der Waals surface area contributed by atoms with Crippen molar-refractivity contribution in [1.29, 1.82) is 0 Å². The fourth-order valence-electron chi connectivity index (χ4n) is 3.13. The van der Waals surface area contributed by atoms with Gasteiger partial charge in [0.2, 0.25) is 5.91 Å². The van der Waals surface area contributed by atoms with Crippen LogP contribution in [0.1, 0.15) is 6.92 Å². The van der Waals surface area contributed by atoms with E-state index in [0.717, 1.165) is 44.2 Å². The lowest BCUT2D eigenvalue weighted by molar-refractivity contribution is -0.121. The van der Waals surface area contributed by atoms with Gasteiger partial charge in [-0.2, -0.15) is 0 Å². The molecule has 144 valence electrons. The van der Waals surface area contributed by atoms with Gasteiger partial charge in [-0.15, -0.1) is 0 Å². The number of ether oxygens (including phenoxy) is 1. The molecule has 1 aliphatic rings. The first-order valence-corrected chi connectivity index (χ1v) is 9.70. The molecule has 0 saturated carbocycles. The number of nitrogens with zero attached hydrogens (tertiary/aromatic N) is 2. The van der Waals surface area contributed by atoms with Gasteiger partial charge in [-0.05, 0) is 43.3 Å². The van der Waals surface area contributed by atoms with Crippen molar-refractivity contribution in [3.63, 3.8) is 0 Å². The Bertz CT molecular complexity index is 716. The maximum Gasteiger partial charge on any atom is 0.241 e. The number of halogens is 1. The van der Waals surface area contributed by atoms with Crippen LogP contribution in [0.25, 0.3) is 0 Å². The van der Waals surface area contributed by atoms with Crippen LogP contribution >= 0.6 is 11.6 Å². The second-order valence-electron chi connectivity index (χ2n) is 6.71. The highest BCUT2D eigenvalue weighted by molar-refractivity contribution is 6.30. The van der Waals surface area contributed by atoms with E-state index in [1.165, 1.54) is 0 Å². The first kappa shape index (κ1) is 19.7. The van der Waals surface area contributed by atoms with E-state index >= 15 is 0 Å². The summed E-state index contributed by atoms with van der Waals surface area (Å²) in [5.74, 6) is 0.880. The van der Waals surface area contributed by atoms with E-state index in [9.17, 15) is 4.79 Å². The van der Waals surface area contributed by atoms with Gasteiger partial charge in [0.25, 0.3) is 0 Å². The quantitative estimate of drug-likeness (QED) is 0.791. The molecule has 1 fully saturated rings. The number of hydrogen-bond donors (Lipinski definition) is 1. The first-order valence-electron chi connectivity index (χ1n) is 9.32. The van der Waals surface area contributed by atoms with Gasteiger partial charge in [0.1, 0.15) is 12.4 Å². The molecule has 1 saturated heterocycles. The largest absolute Gasteiger partial charge is 0.492 e. The standard InChI is InChI=1S/C21H26ClN3O2/c1-17(21(26)23-19-5-3-2-4-6-19)25-13-11-24(12-14-25)15-16-27-20-9-7-18(22)8-10-20/h2-10,17H,11-16H2,1H3,(H,23,26)/t17-/m0/s1. The normalized spacial score (nSPS) is 16.7. The predicted molar refractivity (Wildman–Crippen MR) is 109 cm³/mol. The molecule has 1 aliphatic heterocycles. The second kappa shape index (κ2) is 9.74. The van der Waals surface area contributed by atoms with Gasteiger partial charge in [-0.1, -0.05) is 29.8 Å². The minimum absolute atomic E-state index is 0.0423.